The molecule has 0 bridgehead atoms. The normalized spacial score (nSPS) is 12.2. The van der Waals surface area contributed by atoms with Crippen LogP contribution < -0.4 is 0 Å². The van der Waals surface area contributed by atoms with E-state index in [0.29, 0.717) is 0 Å². The molecule has 0 saturated carbocycles. The number of aromatic nitrogens is 2. The molecule has 0 aliphatic rings. The van der Waals surface area contributed by atoms with Gasteiger partial charge in [-0.1, -0.05) is 84.9 Å². The van der Waals surface area contributed by atoms with Crippen LogP contribution in [0.15, 0.2) is 148 Å². The van der Waals surface area contributed by atoms with E-state index in [4.69, 9.17) is 4.42 Å². The lowest BCUT2D eigenvalue weighted by Gasteiger charge is -2.11. The maximum atomic E-state index is 6.28. The Balaban J connectivity index is 1.36. The van der Waals surface area contributed by atoms with E-state index in [0.717, 1.165) is 37.8 Å². The molecule has 10 aromatic rings. The van der Waals surface area contributed by atoms with Crippen molar-refractivity contribution in [2.45, 2.75) is 0 Å². The van der Waals surface area contributed by atoms with Crippen LogP contribution in [-0.4, -0.2) is 9.13 Å². The molecular weight excluding hydrogens is 604 g/mol. The van der Waals surface area contributed by atoms with Crippen LogP contribution in [0.5, 0.6) is 0 Å². The SMILES string of the molecule is Brc1cccc2c1oc1ccc(-n3c4ccccc4c4ccc5c(c6ccccc6n5-c5ccc6ccccc6c5)c43)cc12. The monoisotopic (exact) mass is 626 g/mol. The number of fused-ring (bicyclic) bond motifs is 11. The molecule has 0 aliphatic carbocycles. The summed E-state index contributed by atoms with van der Waals surface area (Å²) in [5.41, 5.74) is 8.83. The number of halogens is 1. The third kappa shape index (κ3) is 3.21. The largest absolute Gasteiger partial charge is 0.455 e. The highest BCUT2D eigenvalue weighted by atomic mass is 79.9. The highest BCUT2D eigenvalue weighted by molar-refractivity contribution is 9.10. The van der Waals surface area contributed by atoms with Crippen molar-refractivity contribution in [3.8, 4) is 11.4 Å². The van der Waals surface area contributed by atoms with Gasteiger partial charge in [0.05, 0.1) is 26.5 Å². The van der Waals surface area contributed by atoms with Gasteiger partial charge in [0.2, 0.25) is 0 Å². The Bertz CT molecular complexity index is 2800. The summed E-state index contributed by atoms with van der Waals surface area (Å²) in [4.78, 5) is 0. The van der Waals surface area contributed by atoms with Crippen molar-refractivity contribution in [2.24, 2.45) is 0 Å². The van der Waals surface area contributed by atoms with Crippen molar-refractivity contribution in [3.63, 3.8) is 0 Å². The molecule has 0 unspecified atom stereocenters. The van der Waals surface area contributed by atoms with Crippen LogP contribution >= 0.6 is 15.9 Å². The first kappa shape index (κ1) is 24.2. The van der Waals surface area contributed by atoms with Gasteiger partial charge in [0.25, 0.3) is 0 Å². The Morgan fingerprint density at radius 3 is 2.05 bits per heavy atom. The Kier molecular flexibility index (Phi) is 4.86. The van der Waals surface area contributed by atoms with Gasteiger partial charge in [-0.15, -0.1) is 0 Å². The number of hydrogen-bond acceptors (Lipinski definition) is 1. The van der Waals surface area contributed by atoms with Gasteiger partial charge >= 0.3 is 0 Å². The number of hydrogen-bond donors (Lipinski definition) is 0. The lowest BCUT2D eigenvalue weighted by Crippen LogP contribution is -1.95. The molecule has 0 amide bonds. The summed E-state index contributed by atoms with van der Waals surface area (Å²) < 4.78 is 12.1. The van der Waals surface area contributed by atoms with E-state index in [1.807, 2.05) is 6.07 Å². The number of nitrogens with zero attached hydrogens (tertiary/aromatic N) is 2. The molecule has 0 atom stereocenters. The second kappa shape index (κ2) is 8.85. The lowest BCUT2D eigenvalue weighted by atomic mass is 10.1. The van der Waals surface area contributed by atoms with E-state index in [1.165, 1.54) is 54.4 Å². The van der Waals surface area contributed by atoms with Gasteiger partial charge in [-0.2, -0.15) is 0 Å². The van der Waals surface area contributed by atoms with Gasteiger partial charge < -0.3 is 13.6 Å². The maximum absolute atomic E-state index is 6.28. The van der Waals surface area contributed by atoms with Crippen LogP contribution in [0.1, 0.15) is 0 Å². The fourth-order valence-electron chi connectivity index (χ4n) is 7.26. The first-order valence-corrected chi connectivity index (χ1v) is 15.6. The molecule has 206 valence electrons. The van der Waals surface area contributed by atoms with Gasteiger partial charge in [-0.05, 0) is 81.3 Å². The van der Waals surface area contributed by atoms with Gasteiger partial charge in [-0.25, -0.2) is 0 Å². The summed E-state index contributed by atoms with van der Waals surface area (Å²) in [5, 5.41) is 9.67. The van der Waals surface area contributed by atoms with Gasteiger partial charge in [-0.3, -0.25) is 0 Å². The van der Waals surface area contributed by atoms with E-state index in [2.05, 4.69) is 159 Å². The van der Waals surface area contributed by atoms with Crippen LogP contribution in [0, 0.1) is 0 Å². The van der Waals surface area contributed by atoms with Crippen LogP contribution in [-0.2, 0) is 0 Å². The van der Waals surface area contributed by atoms with Crippen molar-refractivity contribution < 1.29 is 4.42 Å². The Hall–Kier alpha value is -5.32. The zero-order valence-corrected chi connectivity index (χ0v) is 25.0. The third-order valence-electron chi connectivity index (χ3n) is 9.15. The Morgan fingerprint density at radius 1 is 0.455 bits per heavy atom. The fourth-order valence-corrected chi connectivity index (χ4v) is 7.71. The van der Waals surface area contributed by atoms with E-state index in [-0.39, 0.29) is 0 Å². The van der Waals surface area contributed by atoms with Gasteiger partial charge in [0.15, 0.2) is 0 Å². The van der Waals surface area contributed by atoms with E-state index in [9.17, 15) is 0 Å². The Morgan fingerprint density at radius 2 is 1.16 bits per heavy atom. The first-order valence-electron chi connectivity index (χ1n) is 14.8. The smallest absolute Gasteiger partial charge is 0.149 e. The summed E-state index contributed by atoms with van der Waals surface area (Å²) >= 11 is 3.68. The van der Waals surface area contributed by atoms with Crippen molar-refractivity contribution in [1.29, 1.82) is 0 Å². The highest BCUT2D eigenvalue weighted by Gasteiger charge is 2.21. The van der Waals surface area contributed by atoms with Gasteiger partial charge in [0.1, 0.15) is 11.2 Å². The molecule has 3 heterocycles. The average Bonchev–Trinajstić information content (AvgIpc) is 3.72. The fraction of sp³-hybridized carbons (Fsp3) is 0. The standard InChI is InChI=1S/C40H23BrN2O/c41-33-13-7-12-30-32-23-27(18-21-37(32)44-40(30)33)43-34-14-5-3-10-28(34)29-19-20-36-38(39(29)43)31-11-4-6-15-35(31)42(36)26-17-16-24-8-1-2-9-25(24)22-26/h1-23H. The minimum absolute atomic E-state index is 0.878. The summed E-state index contributed by atoms with van der Waals surface area (Å²) in [5.74, 6) is 0. The highest BCUT2D eigenvalue weighted by Crippen LogP contribution is 2.43. The van der Waals surface area contributed by atoms with E-state index < -0.39 is 0 Å². The molecule has 0 N–H and O–H groups in total. The molecule has 0 spiro atoms. The quantitative estimate of drug-likeness (QED) is 0.187. The zero-order chi connectivity index (χ0) is 28.9. The number of para-hydroxylation sites is 3. The summed E-state index contributed by atoms with van der Waals surface area (Å²) in [6.07, 6.45) is 0. The van der Waals surface area contributed by atoms with Crippen molar-refractivity contribution >= 4 is 92.3 Å². The summed E-state index contributed by atoms with van der Waals surface area (Å²) in [7, 11) is 0. The molecule has 0 radical (unpaired) electrons. The minimum Gasteiger partial charge on any atom is -0.455 e. The number of rotatable bonds is 2. The van der Waals surface area contributed by atoms with Crippen LogP contribution in [0.3, 0.4) is 0 Å². The zero-order valence-electron chi connectivity index (χ0n) is 23.5. The van der Waals surface area contributed by atoms with E-state index in [1.54, 1.807) is 0 Å². The summed E-state index contributed by atoms with van der Waals surface area (Å²) in [6, 6.07) is 50.3. The topological polar surface area (TPSA) is 23.0 Å². The van der Waals surface area contributed by atoms with Crippen molar-refractivity contribution in [2.75, 3.05) is 0 Å². The van der Waals surface area contributed by atoms with Crippen molar-refractivity contribution in [1.82, 2.24) is 9.13 Å². The molecule has 0 fully saturated rings. The number of furan rings is 1. The maximum Gasteiger partial charge on any atom is 0.149 e. The molecule has 3 aromatic heterocycles. The number of benzene rings is 7. The second-order valence-corrected chi connectivity index (χ2v) is 12.3. The first-order chi connectivity index (χ1) is 21.7. The molecule has 7 aromatic carbocycles. The van der Waals surface area contributed by atoms with Crippen LogP contribution in [0.4, 0.5) is 0 Å². The lowest BCUT2D eigenvalue weighted by molar-refractivity contribution is 0.666. The molecule has 3 nitrogen and oxygen atoms in total. The molecule has 4 heteroatoms. The minimum atomic E-state index is 0.878. The van der Waals surface area contributed by atoms with Crippen molar-refractivity contribution in [3.05, 3.63) is 144 Å². The predicted molar refractivity (Wildman–Crippen MR) is 188 cm³/mol. The molecule has 44 heavy (non-hydrogen) atoms. The molecular formula is C40H23BrN2O. The predicted octanol–water partition coefficient (Wildman–Crippen LogP) is 11.7. The van der Waals surface area contributed by atoms with E-state index >= 15 is 0 Å². The molecule has 0 aliphatic heterocycles. The van der Waals surface area contributed by atoms with Crippen LogP contribution in [0.25, 0.3) is 87.7 Å². The van der Waals surface area contributed by atoms with Gasteiger partial charge in [0, 0.05) is 43.7 Å². The summed E-state index contributed by atoms with van der Waals surface area (Å²) in [6.45, 7) is 0. The van der Waals surface area contributed by atoms with Crippen LogP contribution in [0.2, 0.25) is 0 Å². The average molecular weight is 628 g/mol. The second-order valence-electron chi connectivity index (χ2n) is 11.5. The molecule has 10 rings (SSSR count). The third-order valence-corrected chi connectivity index (χ3v) is 9.78. The molecule has 0 saturated heterocycles. The Labute approximate surface area is 260 Å².